The van der Waals surface area contributed by atoms with E-state index in [2.05, 4.69) is 10.1 Å². The van der Waals surface area contributed by atoms with E-state index in [-0.39, 0.29) is 10.5 Å². The summed E-state index contributed by atoms with van der Waals surface area (Å²) in [7, 11) is -4.30. The first-order chi connectivity index (χ1) is 8.97. The van der Waals surface area contributed by atoms with Crippen molar-refractivity contribution in [3.8, 4) is 0 Å². The molecule has 104 valence electrons. The summed E-state index contributed by atoms with van der Waals surface area (Å²) in [6.07, 6.45) is 4.54. The highest BCUT2D eigenvalue weighted by Gasteiger charge is 2.19. The zero-order valence-electron chi connectivity index (χ0n) is 11.0. The molecule has 0 radical (unpaired) electrons. The smallest absolute Gasteiger partial charge is 0.282 e. The van der Waals surface area contributed by atoms with Gasteiger partial charge in [0.1, 0.15) is 0 Å². The first-order valence-corrected chi connectivity index (χ1v) is 7.75. The molecule has 0 saturated heterocycles. The highest BCUT2D eigenvalue weighted by Crippen LogP contribution is 2.18. The topological polar surface area (TPSA) is 84.6 Å². The molecule has 2 rings (SSSR count). The molecule has 19 heavy (non-hydrogen) atoms. The largest absolute Gasteiger partial charge is 0.299 e. The van der Waals surface area contributed by atoms with Crippen molar-refractivity contribution in [3.05, 3.63) is 23.7 Å². The molecule has 2 aromatic rings. The number of aryl methyl sites for hydroxylation is 2. The van der Waals surface area contributed by atoms with Gasteiger partial charge in [0.05, 0.1) is 6.20 Å². The quantitative estimate of drug-likeness (QED) is 0.847. The summed E-state index contributed by atoms with van der Waals surface area (Å²) in [5.41, 5.74) is 1.94. The van der Waals surface area contributed by atoms with Crippen LogP contribution in [0.2, 0.25) is 0 Å². The number of rotatable bonds is 5. The van der Waals surface area contributed by atoms with Crippen molar-refractivity contribution >= 4 is 15.8 Å². The predicted octanol–water partition coefficient (Wildman–Crippen LogP) is 1.88. The summed E-state index contributed by atoms with van der Waals surface area (Å²) in [6, 6.07) is 1.95. The lowest BCUT2D eigenvalue weighted by atomic mass is 10.2. The summed E-state index contributed by atoms with van der Waals surface area (Å²) < 4.78 is 33.3. The maximum atomic E-state index is 11.3. The predicted molar refractivity (Wildman–Crippen MR) is 70.8 cm³/mol. The van der Waals surface area contributed by atoms with E-state index in [1.807, 2.05) is 19.9 Å². The molecule has 0 aromatic carbocycles. The molecule has 0 amide bonds. The summed E-state index contributed by atoms with van der Waals surface area (Å²) in [6.45, 7) is 4.07. The second-order valence-electron chi connectivity index (χ2n) is 4.46. The molecule has 0 spiro atoms. The van der Waals surface area contributed by atoms with E-state index in [4.69, 9.17) is 0 Å². The Morgan fingerprint density at radius 1 is 1.26 bits per heavy atom. The van der Waals surface area contributed by atoms with E-state index in [9.17, 15) is 13.0 Å². The Labute approximate surface area is 112 Å². The van der Waals surface area contributed by atoms with Gasteiger partial charge >= 0.3 is 0 Å². The van der Waals surface area contributed by atoms with Crippen LogP contribution < -0.4 is 0 Å². The van der Waals surface area contributed by atoms with Gasteiger partial charge in [0.15, 0.2) is 10.5 Å². The van der Waals surface area contributed by atoms with Gasteiger partial charge in [0.2, 0.25) is 0 Å². The first kappa shape index (κ1) is 14.0. The van der Waals surface area contributed by atoms with E-state index in [0.29, 0.717) is 0 Å². The molecule has 6 nitrogen and oxygen atoms in total. The third-order valence-electron chi connectivity index (χ3n) is 2.86. The van der Waals surface area contributed by atoms with Gasteiger partial charge in [-0.1, -0.05) is 26.7 Å². The molecule has 0 saturated carbocycles. The van der Waals surface area contributed by atoms with Crippen LogP contribution in [-0.2, 0) is 23.0 Å². The van der Waals surface area contributed by atoms with Gasteiger partial charge in [-0.3, -0.25) is 4.55 Å². The lowest BCUT2D eigenvalue weighted by Gasteiger charge is -2.07. The SMILES string of the molecule is CCCc1cc(CCC)n2ncc(S(=O)(=O)O)c2n1. The average molecular weight is 283 g/mol. The van der Waals surface area contributed by atoms with Crippen molar-refractivity contribution in [2.75, 3.05) is 0 Å². The average Bonchev–Trinajstić information content (AvgIpc) is 2.73. The molecule has 0 bridgehead atoms. The fraction of sp³-hybridized carbons (Fsp3) is 0.500. The Kier molecular flexibility index (Phi) is 3.86. The number of nitrogens with zero attached hydrogens (tertiary/aromatic N) is 3. The van der Waals surface area contributed by atoms with Crippen LogP contribution in [0, 0.1) is 0 Å². The van der Waals surface area contributed by atoms with Crippen LogP contribution in [-0.4, -0.2) is 27.6 Å². The fourth-order valence-corrected chi connectivity index (χ4v) is 2.60. The number of hydrogen-bond acceptors (Lipinski definition) is 4. The minimum absolute atomic E-state index is 0.205. The lowest BCUT2D eigenvalue weighted by molar-refractivity contribution is 0.484. The standard InChI is InChI=1S/C12H17N3O3S/c1-3-5-9-7-10(6-4-2)15-12(14-9)11(8-13-15)19(16,17)18/h7-8H,3-6H2,1-2H3,(H,16,17,18). The molecule has 0 fully saturated rings. The second-order valence-corrected chi connectivity index (χ2v) is 5.85. The third-order valence-corrected chi connectivity index (χ3v) is 3.70. The summed E-state index contributed by atoms with van der Waals surface area (Å²) >= 11 is 0. The monoisotopic (exact) mass is 283 g/mol. The summed E-state index contributed by atoms with van der Waals surface area (Å²) in [4.78, 5) is 4.06. The molecule has 2 heterocycles. The molecule has 0 unspecified atom stereocenters. The molecule has 1 N–H and O–H groups in total. The maximum Gasteiger partial charge on any atom is 0.299 e. The van der Waals surface area contributed by atoms with Crippen LogP contribution in [0.5, 0.6) is 0 Å². The Balaban J connectivity index is 2.71. The molecule has 0 aliphatic carbocycles. The normalized spacial score (nSPS) is 12.2. The Morgan fingerprint density at radius 3 is 2.53 bits per heavy atom. The molecule has 0 aliphatic rings. The zero-order chi connectivity index (χ0) is 14.0. The van der Waals surface area contributed by atoms with Crippen molar-refractivity contribution in [1.82, 2.24) is 14.6 Å². The van der Waals surface area contributed by atoms with Crippen LogP contribution in [0.1, 0.15) is 38.1 Å². The van der Waals surface area contributed by atoms with Gasteiger partial charge < -0.3 is 0 Å². The van der Waals surface area contributed by atoms with Gasteiger partial charge in [-0.05, 0) is 18.9 Å². The highest BCUT2D eigenvalue weighted by atomic mass is 32.2. The highest BCUT2D eigenvalue weighted by molar-refractivity contribution is 7.86. The first-order valence-electron chi connectivity index (χ1n) is 6.31. The van der Waals surface area contributed by atoms with Gasteiger partial charge in [0.25, 0.3) is 10.1 Å². The van der Waals surface area contributed by atoms with Crippen LogP contribution in [0.15, 0.2) is 17.2 Å². The van der Waals surface area contributed by atoms with Crippen LogP contribution in [0.3, 0.4) is 0 Å². The van der Waals surface area contributed by atoms with Gasteiger partial charge in [-0.2, -0.15) is 13.5 Å². The van der Waals surface area contributed by atoms with Crippen molar-refractivity contribution < 1.29 is 13.0 Å². The lowest BCUT2D eigenvalue weighted by Crippen LogP contribution is -2.05. The molecular formula is C12H17N3O3S. The van der Waals surface area contributed by atoms with Crippen LogP contribution in [0.25, 0.3) is 5.65 Å². The van der Waals surface area contributed by atoms with Crippen molar-refractivity contribution in [1.29, 1.82) is 0 Å². The third kappa shape index (κ3) is 2.76. The number of fused-ring (bicyclic) bond motifs is 1. The van der Waals surface area contributed by atoms with E-state index < -0.39 is 10.1 Å². The van der Waals surface area contributed by atoms with Crippen molar-refractivity contribution in [2.45, 2.75) is 44.4 Å². The second kappa shape index (κ2) is 5.26. The van der Waals surface area contributed by atoms with Crippen molar-refractivity contribution in [3.63, 3.8) is 0 Å². The minimum atomic E-state index is -4.30. The van der Waals surface area contributed by atoms with Gasteiger partial charge in [-0.25, -0.2) is 9.50 Å². The molecule has 2 aromatic heterocycles. The molecule has 0 atom stereocenters. The molecule has 7 heteroatoms. The fourth-order valence-electron chi connectivity index (χ4n) is 2.06. The van der Waals surface area contributed by atoms with E-state index in [0.717, 1.165) is 43.3 Å². The molecule has 0 aliphatic heterocycles. The maximum absolute atomic E-state index is 11.3. The number of hydrogen-bond donors (Lipinski definition) is 1. The summed E-state index contributed by atoms with van der Waals surface area (Å²) in [5, 5.41) is 4.02. The van der Waals surface area contributed by atoms with Crippen molar-refractivity contribution in [2.24, 2.45) is 0 Å². The minimum Gasteiger partial charge on any atom is -0.282 e. The Hall–Kier alpha value is -1.47. The number of aromatic nitrogens is 3. The zero-order valence-corrected chi connectivity index (χ0v) is 11.8. The Morgan fingerprint density at radius 2 is 1.95 bits per heavy atom. The molecular weight excluding hydrogens is 266 g/mol. The Bertz CT molecular complexity index is 692. The van der Waals surface area contributed by atoms with Crippen LogP contribution >= 0.6 is 0 Å². The van der Waals surface area contributed by atoms with Crippen LogP contribution in [0.4, 0.5) is 0 Å². The van der Waals surface area contributed by atoms with Gasteiger partial charge in [0, 0.05) is 11.4 Å². The van der Waals surface area contributed by atoms with E-state index >= 15 is 0 Å². The van der Waals surface area contributed by atoms with Gasteiger partial charge in [-0.15, -0.1) is 0 Å². The van der Waals surface area contributed by atoms with E-state index in [1.54, 1.807) is 0 Å². The van der Waals surface area contributed by atoms with E-state index in [1.165, 1.54) is 4.52 Å². The summed E-state index contributed by atoms with van der Waals surface area (Å²) in [5.74, 6) is 0.